The number of hydrogen-bond donors (Lipinski definition) is 1. The van der Waals surface area contributed by atoms with Crippen molar-refractivity contribution in [3.8, 4) is 0 Å². The van der Waals surface area contributed by atoms with Gasteiger partial charge in [-0.3, -0.25) is 9.10 Å². The summed E-state index contributed by atoms with van der Waals surface area (Å²) in [7, 11) is -3.61. The van der Waals surface area contributed by atoms with Crippen molar-refractivity contribution in [3.05, 3.63) is 30.3 Å². The second-order valence-corrected chi connectivity index (χ2v) is 9.77. The molecule has 0 radical (unpaired) electrons. The van der Waals surface area contributed by atoms with Gasteiger partial charge in [0.1, 0.15) is 6.04 Å². The van der Waals surface area contributed by atoms with E-state index in [0.29, 0.717) is 5.69 Å². The molecule has 0 bridgehead atoms. The number of nitrogens with zero attached hydrogens (tertiary/aromatic N) is 2. The Balaban J connectivity index is 2.04. The lowest BCUT2D eigenvalue weighted by molar-refractivity contribution is -0.121. The summed E-state index contributed by atoms with van der Waals surface area (Å²) < 4.78 is 25.8. The van der Waals surface area contributed by atoms with Crippen molar-refractivity contribution in [1.29, 1.82) is 0 Å². The minimum atomic E-state index is -3.61. The zero-order chi connectivity index (χ0) is 21.1. The molecule has 0 aliphatic heterocycles. The van der Waals surface area contributed by atoms with Crippen molar-refractivity contribution in [2.75, 3.05) is 10.6 Å². The zero-order valence-corrected chi connectivity index (χ0v) is 18.6. The summed E-state index contributed by atoms with van der Waals surface area (Å²) in [6, 6.07) is 7.80. The Labute approximate surface area is 175 Å². The maximum Gasteiger partial charge on any atom is 0.263 e. The SMILES string of the molecule is C[C@@H](C(=O)NN=C1CCCCCCCCCCC1)N(c1ccccc1)S(C)(=O)=O. The van der Waals surface area contributed by atoms with Crippen LogP contribution in [0, 0.1) is 0 Å². The molecule has 0 spiro atoms. The first kappa shape index (κ1) is 23.4. The lowest BCUT2D eigenvalue weighted by atomic mass is 10.00. The van der Waals surface area contributed by atoms with Crippen molar-refractivity contribution in [2.24, 2.45) is 5.10 Å². The van der Waals surface area contributed by atoms with Crippen LogP contribution in [0.2, 0.25) is 0 Å². The third-order valence-electron chi connectivity index (χ3n) is 5.35. The lowest BCUT2D eigenvalue weighted by Gasteiger charge is -2.27. The molecule has 1 aromatic rings. The summed E-state index contributed by atoms with van der Waals surface area (Å²) in [4.78, 5) is 12.7. The number of rotatable bonds is 5. The Morgan fingerprint density at radius 2 is 1.41 bits per heavy atom. The molecule has 0 saturated heterocycles. The minimum Gasteiger partial charge on any atom is -0.271 e. The Kier molecular flexibility index (Phi) is 9.64. The van der Waals surface area contributed by atoms with Crippen LogP contribution in [0.4, 0.5) is 5.69 Å². The van der Waals surface area contributed by atoms with E-state index in [1.807, 2.05) is 6.07 Å². The summed E-state index contributed by atoms with van der Waals surface area (Å²) in [6.07, 6.45) is 13.9. The number of carbonyl (C=O) groups is 1. The van der Waals surface area contributed by atoms with E-state index in [1.54, 1.807) is 31.2 Å². The average Bonchev–Trinajstić information content (AvgIpc) is 2.67. The third kappa shape index (κ3) is 8.17. The number of benzene rings is 1. The molecule has 29 heavy (non-hydrogen) atoms. The van der Waals surface area contributed by atoms with Gasteiger partial charge in [-0.05, 0) is 44.7 Å². The molecule has 0 aromatic heterocycles. The Morgan fingerprint density at radius 3 is 1.90 bits per heavy atom. The van der Waals surface area contributed by atoms with Gasteiger partial charge in [-0.2, -0.15) is 5.10 Å². The minimum absolute atomic E-state index is 0.419. The van der Waals surface area contributed by atoms with Gasteiger partial charge in [0.05, 0.1) is 11.9 Å². The number of nitrogens with one attached hydrogen (secondary N) is 1. The molecule has 1 saturated carbocycles. The number of amides is 1. The standard InChI is InChI=1S/C22H35N3O3S/c1-19(25(29(2,27)28)21-17-13-10-14-18-21)22(26)24-23-20-15-11-8-6-4-3-5-7-9-12-16-20/h10,13-14,17-19H,3-9,11-12,15-16H2,1-2H3,(H,24,26)/t19-/m0/s1. The normalized spacial score (nSPS) is 18.1. The van der Waals surface area contributed by atoms with E-state index in [1.165, 1.54) is 44.9 Å². The van der Waals surface area contributed by atoms with Crippen LogP contribution in [0.3, 0.4) is 0 Å². The van der Waals surface area contributed by atoms with Crippen molar-refractivity contribution < 1.29 is 13.2 Å². The molecule has 162 valence electrons. The van der Waals surface area contributed by atoms with Gasteiger partial charge < -0.3 is 0 Å². The van der Waals surface area contributed by atoms with E-state index in [0.717, 1.165) is 42.0 Å². The highest BCUT2D eigenvalue weighted by atomic mass is 32.2. The molecule has 1 N–H and O–H groups in total. The van der Waals surface area contributed by atoms with Crippen molar-refractivity contribution >= 4 is 27.3 Å². The quantitative estimate of drug-likeness (QED) is 0.705. The van der Waals surface area contributed by atoms with Crippen molar-refractivity contribution in [3.63, 3.8) is 0 Å². The second-order valence-electron chi connectivity index (χ2n) is 7.91. The molecule has 1 aliphatic carbocycles. The predicted octanol–water partition coefficient (Wildman–Crippen LogP) is 4.62. The Bertz CT molecular complexity index is 749. The molecule has 1 fully saturated rings. The smallest absolute Gasteiger partial charge is 0.263 e. The number of para-hydroxylation sites is 1. The molecule has 0 unspecified atom stereocenters. The molecule has 7 heteroatoms. The first-order chi connectivity index (χ1) is 13.9. The van der Waals surface area contributed by atoms with Crippen LogP contribution in [-0.2, 0) is 14.8 Å². The number of anilines is 1. The van der Waals surface area contributed by atoms with Crippen LogP contribution < -0.4 is 9.73 Å². The first-order valence-corrected chi connectivity index (χ1v) is 12.6. The van der Waals surface area contributed by atoms with E-state index >= 15 is 0 Å². The molecule has 2 rings (SSSR count). The van der Waals surface area contributed by atoms with E-state index < -0.39 is 22.0 Å². The number of sulfonamides is 1. The molecule has 1 aromatic carbocycles. The number of hydrogen-bond acceptors (Lipinski definition) is 4. The van der Waals surface area contributed by atoms with Gasteiger partial charge in [0, 0.05) is 5.71 Å². The van der Waals surface area contributed by atoms with Crippen LogP contribution in [0.1, 0.15) is 77.6 Å². The molecular weight excluding hydrogens is 386 g/mol. The molecule has 1 amide bonds. The van der Waals surface area contributed by atoms with Gasteiger partial charge in [-0.25, -0.2) is 13.8 Å². The number of hydrazone groups is 1. The topological polar surface area (TPSA) is 78.8 Å². The van der Waals surface area contributed by atoms with Crippen molar-refractivity contribution in [2.45, 2.75) is 83.6 Å². The van der Waals surface area contributed by atoms with Gasteiger partial charge in [-0.1, -0.05) is 63.1 Å². The summed E-state index contributed by atoms with van der Waals surface area (Å²) in [6.45, 7) is 1.59. The van der Waals surface area contributed by atoms with Gasteiger partial charge in [0.25, 0.3) is 5.91 Å². The van der Waals surface area contributed by atoms with Gasteiger partial charge in [0.15, 0.2) is 0 Å². The summed E-state index contributed by atoms with van der Waals surface area (Å²) in [5.74, 6) is -0.419. The molecule has 0 heterocycles. The zero-order valence-electron chi connectivity index (χ0n) is 17.8. The fraction of sp³-hybridized carbons (Fsp3) is 0.636. The van der Waals surface area contributed by atoms with Crippen LogP contribution in [0.25, 0.3) is 0 Å². The van der Waals surface area contributed by atoms with Crippen LogP contribution in [0.5, 0.6) is 0 Å². The van der Waals surface area contributed by atoms with E-state index in [4.69, 9.17) is 0 Å². The highest BCUT2D eigenvalue weighted by Gasteiger charge is 2.29. The van der Waals surface area contributed by atoms with Gasteiger partial charge >= 0.3 is 0 Å². The maximum atomic E-state index is 12.7. The molecule has 1 atom stereocenters. The Morgan fingerprint density at radius 1 is 0.931 bits per heavy atom. The van der Waals surface area contributed by atoms with E-state index in [-0.39, 0.29) is 0 Å². The summed E-state index contributed by atoms with van der Waals surface area (Å²) >= 11 is 0. The second kappa shape index (κ2) is 12.0. The number of carbonyl (C=O) groups excluding carboxylic acids is 1. The monoisotopic (exact) mass is 421 g/mol. The molecule has 6 nitrogen and oxygen atoms in total. The fourth-order valence-corrected chi connectivity index (χ4v) is 4.92. The van der Waals surface area contributed by atoms with Crippen LogP contribution >= 0.6 is 0 Å². The van der Waals surface area contributed by atoms with Crippen molar-refractivity contribution in [1.82, 2.24) is 5.43 Å². The highest BCUT2D eigenvalue weighted by Crippen LogP contribution is 2.20. The highest BCUT2D eigenvalue weighted by molar-refractivity contribution is 7.92. The summed E-state index contributed by atoms with van der Waals surface area (Å²) in [5, 5.41) is 4.39. The van der Waals surface area contributed by atoms with Gasteiger partial charge in [0.2, 0.25) is 10.0 Å². The predicted molar refractivity (Wildman–Crippen MR) is 120 cm³/mol. The van der Waals surface area contributed by atoms with E-state index in [9.17, 15) is 13.2 Å². The largest absolute Gasteiger partial charge is 0.271 e. The van der Waals surface area contributed by atoms with Gasteiger partial charge in [-0.15, -0.1) is 0 Å². The fourth-order valence-electron chi connectivity index (χ4n) is 3.74. The maximum absolute atomic E-state index is 12.7. The lowest BCUT2D eigenvalue weighted by Crippen LogP contribution is -2.46. The third-order valence-corrected chi connectivity index (χ3v) is 6.60. The summed E-state index contributed by atoms with van der Waals surface area (Å²) in [5.41, 5.74) is 4.11. The first-order valence-electron chi connectivity index (χ1n) is 10.8. The van der Waals surface area contributed by atoms with E-state index in [2.05, 4.69) is 10.5 Å². The van der Waals surface area contributed by atoms with Crippen LogP contribution in [0.15, 0.2) is 35.4 Å². The Hall–Kier alpha value is -1.89. The molecule has 1 aliphatic rings. The van der Waals surface area contributed by atoms with Crippen LogP contribution in [-0.4, -0.2) is 32.3 Å². The average molecular weight is 422 g/mol. The molecular formula is C22H35N3O3S.